The van der Waals surface area contributed by atoms with Crippen molar-refractivity contribution in [2.24, 2.45) is 0 Å². The molecule has 2 aromatic carbocycles. The van der Waals surface area contributed by atoms with Gasteiger partial charge < -0.3 is 4.74 Å². The van der Waals surface area contributed by atoms with Crippen LogP contribution in [0.2, 0.25) is 0 Å². The van der Waals surface area contributed by atoms with Crippen molar-refractivity contribution in [3.8, 4) is 5.75 Å². The third-order valence-corrected chi connectivity index (χ3v) is 4.32. The molecule has 0 saturated carbocycles. The minimum Gasteiger partial charge on any atom is -0.497 e. The highest BCUT2D eigenvalue weighted by Gasteiger charge is 2.17. The summed E-state index contributed by atoms with van der Waals surface area (Å²) in [6.07, 6.45) is 0. The molecule has 0 N–H and O–H groups in total. The molecule has 122 valence electrons. The Morgan fingerprint density at radius 2 is 1.48 bits per heavy atom. The molecule has 1 heterocycles. The van der Waals surface area contributed by atoms with E-state index >= 15 is 0 Å². The van der Waals surface area contributed by atoms with E-state index < -0.39 is 0 Å². The Hall–Kier alpha value is -1.91. The van der Waals surface area contributed by atoms with Crippen LogP contribution in [-0.2, 0) is 13.1 Å². The molecule has 4 heteroatoms. The number of benzene rings is 2. The lowest BCUT2D eigenvalue weighted by atomic mass is 10.1. The molecule has 23 heavy (non-hydrogen) atoms. The maximum absolute atomic E-state index is 12.9. The van der Waals surface area contributed by atoms with Gasteiger partial charge in [0.25, 0.3) is 0 Å². The average Bonchev–Trinajstić information content (AvgIpc) is 2.59. The van der Waals surface area contributed by atoms with Crippen LogP contribution in [-0.4, -0.2) is 43.1 Å². The molecule has 0 aromatic heterocycles. The minimum absolute atomic E-state index is 0.170. The molecule has 3 rings (SSSR count). The van der Waals surface area contributed by atoms with E-state index in [0.717, 1.165) is 45.0 Å². The molecule has 0 bridgehead atoms. The Morgan fingerprint density at radius 3 is 2.09 bits per heavy atom. The second kappa shape index (κ2) is 7.57. The van der Waals surface area contributed by atoms with E-state index in [4.69, 9.17) is 4.74 Å². The quantitative estimate of drug-likeness (QED) is 0.843. The van der Waals surface area contributed by atoms with Gasteiger partial charge in [-0.25, -0.2) is 4.39 Å². The number of nitrogens with zero attached hydrogens (tertiary/aromatic N) is 2. The topological polar surface area (TPSA) is 15.7 Å². The first-order chi connectivity index (χ1) is 11.2. The maximum atomic E-state index is 12.9. The molecular formula is C19H23FN2O. The lowest BCUT2D eigenvalue weighted by Gasteiger charge is -2.34. The van der Waals surface area contributed by atoms with Crippen molar-refractivity contribution in [3.05, 3.63) is 65.5 Å². The Labute approximate surface area is 137 Å². The van der Waals surface area contributed by atoms with E-state index in [-0.39, 0.29) is 5.82 Å². The van der Waals surface area contributed by atoms with Crippen LogP contribution in [0.5, 0.6) is 5.75 Å². The number of hydrogen-bond donors (Lipinski definition) is 0. The zero-order valence-corrected chi connectivity index (χ0v) is 13.5. The van der Waals surface area contributed by atoms with Crippen LogP contribution in [0.15, 0.2) is 48.5 Å². The van der Waals surface area contributed by atoms with Gasteiger partial charge in [-0.1, -0.05) is 24.3 Å². The van der Waals surface area contributed by atoms with Gasteiger partial charge in [-0.05, 0) is 35.4 Å². The summed E-state index contributed by atoms with van der Waals surface area (Å²) >= 11 is 0. The molecule has 0 aliphatic carbocycles. The van der Waals surface area contributed by atoms with E-state index in [1.165, 1.54) is 23.3 Å². The van der Waals surface area contributed by atoms with Crippen molar-refractivity contribution in [2.75, 3.05) is 33.3 Å². The fourth-order valence-electron chi connectivity index (χ4n) is 2.98. The van der Waals surface area contributed by atoms with Gasteiger partial charge in [0.2, 0.25) is 0 Å². The lowest BCUT2D eigenvalue weighted by molar-refractivity contribution is 0.122. The van der Waals surface area contributed by atoms with Gasteiger partial charge in [-0.2, -0.15) is 0 Å². The van der Waals surface area contributed by atoms with Crippen molar-refractivity contribution < 1.29 is 9.13 Å². The third-order valence-electron chi connectivity index (χ3n) is 4.32. The van der Waals surface area contributed by atoms with Crippen molar-refractivity contribution in [3.63, 3.8) is 0 Å². The number of piperazine rings is 1. The fourth-order valence-corrected chi connectivity index (χ4v) is 2.98. The predicted octanol–water partition coefficient (Wildman–Crippen LogP) is 3.15. The first kappa shape index (κ1) is 16.0. The molecule has 0 unspecified atom stereocenters. The number of halogens is 1. The van der Waals surface area contributed by atoms with Crippen molar-refractivity contribution in [1.82, 2.24) is 9.80 Å². The van der Waals surface area contributed by atoms with Crippen LogP contribution < -0.4 is 4.74 Å². The van der Waals surface area contributed by atoms with Crippen molar-refractivity contribution in [1.29, 1.82) is 0 Å². The second-order valence-electron chi connectivity index (χ2n) is 6.03. The van der Waals surface area contributed by atoms with Gasteiger partial charge in [0.05, 0.1) is 7.11 Å². The van der Waals surface area contributed by atoms with E-state index in [2.05, 4.69) is 21.9 Å². The summed E-state index contributed by atoms with van der Waals surface area (Å²) in [5.41, 5.74) is 2.46. The van der Waals surface area contributed by atoms with Crippen molar-refractivity contribution in [2.45, 2.75) is 13.1 Å². The highest BCUT2D eigenvalue weighted by molar-refractivity contribution is 5.28. The SMILES string of the molecule is COc1cccc(CN2CCN(Cc3ccc(F)cc3)CC2)c1. The number of methoxy groups -OCH3 is 1. The normalized spacial score (nSPS) is 16.4. The molecule has 2 aromatic rings. The molecule has 0 atom stereocenters. The number of rotatable bonds is 5. The summed E-state index contributed by atoms with van der Waals surface area (Å²) in [5, 5.41) is 0. The van der Waals surface area contributed by atoms with Gasteiger partial charge in [0, 0.05) is 39.3 Å². The van der Waals surface area contributed by atoms with Gasteiger partial charge in [-0.3, -0.25) is 9.80 Å². The molecule has 0 spiro atoms. The molecule has 3 nitrogen and oxygen atoms in total. The van der Waals surface area contributed by atoms with Crippen LogP contribution in [0.3, 0.4) is 0 Å². The Bertz CT molecular complexity index is 622. The summed E-state index contributed by atoms with van der Waals surface area (Å²) in [7, 11) is 1.70. The standard InChI is InChI=1S/C19H23FN2O/c1-23-19-4-2-3-17(13-19)15-22-11-9-21(10-12-22)14-16-5-7-18(20)8-6-16/h2-8,13H,9-12,14-15H2,1H3. The summed E-state index contributed by atoms with van der Waals surface area (Å²) < 4.78 is 18.2. The minimum atomic E-state index is -0.170. The summed E-state index contributed by atoms with van der Waals surface area (Å²) in [6, 6.07) is 15.1. The maximum Gasteiger partial charge on any atom is 0.123 e. The van der Waals surface area contributed by atoms with Crippen LogP contribution in [0.25, 0.3) is 0 Å². The zero-order valence-electron chi connectivity index (χ0n) is 13.5. The summed E-state index contributed by atoms with van der Waals surface area (Å²) in [5.74, 6) is 0.745. The van der Waals surface area contributed by atoms with Gasteiger partial charge in [-0.15, -0.1) is 0 Å². The molecular weight excluding hydrogens is 291 g/mol. The lowest BCUT2D eigenvalue weighted by Crippen LogP contribution is -2.45. The summed E-state index contributed by atoms with van der Waals surface area (Å²) in [4.78, 5) is 4.89. The molecule has 0 amide bonds. The van der Waals surface area contributed by atoms with Gasteiger partial charge >= 0.3 is 0 Å². The molecule has 1 aliphatic heterocycles. The largest absolute Gasteiger partial charge is 0.497 e. The van der Waals surface area contributed by atoms with Gasteiger partial charge in [0.15, 0.2) is 0 Å². The Morgan fingerprint density at radius 1 is 0.870 bits per heavy atom. The predicted molar refractivity (Wildman–Crippen MR) is 89.9 cm³/mol. The van der Waals surface area contributed by atoms with Crippen LogP contribution in [0, 0.1) is 5.82 Å². The smallest absolute Gasteiger partial charge is 0.123 e. The van der Waals surface area contributed by atoms with E-state index in [0.29, 0.717) is 0 Å². The third kappa shape index (κ3) is 4.53. The first-order valence-electron chi connectivity index (χ1n) is 8.05. The van der Waals surface area contributed by atoms with E-state index in [1.54, 1.807) is 7.11 Å². The zero-order chi connectivity index (χ0) is 16.1. The van der Waals surface area contributed by atoms with Crippen molar-refractivity contribution >= 4 is 0 Å². The number of hydrogen-bond acceptors (Lipinski definition) is 3. The highest BCUT2D eigenvalue weighted by atomic mass is 19.1. The van der Waals surface area contributed by atoms with Crippen LogP contribution in [0.1, 0.15) is 11.1 Å². The monoisotopic (exact) mass is 314 g/mol. The first-order valence-corrected chi connectivity index (χ1v) is 8.05. The van der Waals surface area contributed by atoms with Gasteiger partial charge in [0.1, 0.15) is 11.6 Å². The van der Waals surface area contributed by atoms with E-state index in [1.807, 2.05) is 24.3 Å². The Balaban J connectivity index is 1.49. The molecule has 0 radical (unpaired) electrons. The molecule has 1 saturated heterocycles. The van der Waals surface area contributed by atoms with E-state index in [9.17, 15) is 4.39 Å². The second-order valence-corrected chi connectivity index (χ2v) is 6.03. The van der Waals surface area contributed by atoms with Crippen LogP contribution >= 0.6 is 0 Å². The number of ether oxygens (including phenoxy) is 1. The highest BCUT2D eigenvalue weighted by Crippen LogP contribution is 2.16. The molecule has 1 aliphatic rings. The molecule has 1 fully saturated rings. The van der Waals surface area contributed by atoms with Crippen LogP contribution in [0.4, 0.5) is 4.39 Å². The Kier molecular flexibility index (Phi) is 5.26. The fraction of sp³-hybridized carbons (Fsp3) is 0.368. The summed E-state index contributed by atoms with van der Waals surface area (Å²) in [6.45, 7) is 6.05. The average molecular weight is 314 g/mol.